The van der Waals surface area contributed by atoms with Gasteiger partial charge in [-0.25, -0.2) is 5.01 Å². The van der Waals surface area contributed by atoms with Gasteiger partial charge in [-0.3, -0.25) is 14.4 Å². The second kappa shape index (κ2) is 10.3. The molecule has 4 rings (SSSR count). The van der Waals surface area contributed by atoms with Gasteiger partial charge in [-0.2, -0.15) is 5.10 Å². The molecule has 3 N–H and O–H groups in total. The molecule has 33 heavy (non-hydrogen) atoms. The Morgan fingerprint density at radius 2 is 1.70 bits per heavy atom. The molecule has 2 aliphatic heterocycles. The van der Waals surface area contributed by atoms with Crippen molar-refractivity contribution in [3.8, 4) is 0 Å². The van der Waals surface area contributed by atoms with E-state index in [1.165, 1.54) is 11.4 Å². The number of hydrazone groups is 1. The molecule has 0 radical (unpaired) electrons. The average molecular weight is 448 g/mol. The minimum Gasteiger partial charge on any atom is -0.370 e. The molecule has 2 aromatic rings. The van der Waals surface area contributed by atoms with Crippen molar-refractivity contribution in [1.29, 1.82) is 0 Å². The smallest absolute Gasteiger partial charge is 0.248 e. The van der Waals surface area contributed by atoms with Crippen LogP contribution in [0.5, 0.6) is 0 Å². The SMILES string of the molecule is NC(=O)c1ccc(N2CCCCC2)c(NC(=O)CCC(=O)N2CCC(c3ccccc3)=N2)c1. The van der Waals surface area contributed by atoms with Crippen LogP contribution < -0.4 is 16.0 Å². The molecule has 2 aliphatic rings. The van der Waals surface area contributed by atoms with Gasteiger partial charge in [0, 0.05) is 37.9 Å². The summed E-state index contributed by atoms with van der Waals surface area (Å²) in [7, 11) is 0. The molecule has 1 saturated heterocycles. The second-order valence-corrected chi connectivity index (χ2v) is 8.37. The van der Waals surface area contributed by atoms with Crippen molar-refractivity contribution in [3.05, 3.63) is 59.7 Å². The largest absolute Gasteiger partial charge is 0.370 e. The molecule has 0 saturated carbocycles. The van der Waals surface area contributed by atoms with Crippen LogP contribution in [0.15, 0.2) is 53.6 Å². The summed E-state index contributed by atoms with van der Waals surface area (Å²) >= 11 is 0. The number of carbonyl (C=O) groups excluding carboxylic acids is 3. The third-order valence-corrected chi connectivity index (χ3v) is 6.01. The van der Waals surface area contributed by atoms with Crippen molar-refractivity contribution in [1.82, 2.24) is 5.01 Å². The number of primary amides is 1. The molecular weight excluding hydrogens is 418 g/mol. The quantitative estimate of drug-likeness (QED) is 0.680. The Morgan fingerprint density at radius 1 is 0.939 bits per heavy atom. The van der Waals surface area contributed by atoms with Crippen LogP contribution in [-0.4, -0.2) is 48.1 Å². The zero-order chi connectivity index (χ0) is 23.2. The first kappa shape index (κ1) is 22.5. The summed E-state index contributed by atoms with van der Waals surface area (Å²) in [5.41, 5.74) is 9.08. The Balaban J connectivity index is 1.38. The number of hydrogen-bond donors (Lipinski definition) is 2. The molecule has 8 nitrogen and oxygen atoms in total. The highest BCUT2D eigenvalue weighted by Gasteiger charge is 2.23. The molecule has 172 valence electrons. The number of nitrogens with one attached hydrogen (secondary N) is 1. The lowest BCUT2D eigenvalue weighted by molar-refractivity contribution is -0.132. The summed E-state index contributed by atoms with van der Waals surface area (Å²) in [4.78, 5) is 39.1. The van der Waals surface area contributed by atoms with E-state index in [-0.39, 0.29) is 24.7 Å². The van der Waals surface area contributed by atoms with Crippen molar-refractivity contribution < 1.29 is 14.4 Å². The van der Waals surface area contributed by atoms with Gasteiger partial charge in [0.2, 0.25) is 17.7 Å². The summed E-state index contributed by atoms with van der Waals surface area (Å²) < 4.78 is 0. The van der Waals surface area contributed by atoms with Gasteiger partial charge in [-0.1, -0.05) is 30.3 Å². The number of rotatable bonds is 7. The van der Waals surface area contributed by atoms with Crippen LogP contribution in [0.3, 0.4) is 0 Å². The summed E-state index contributed by atoms with van der Waals surface area (Å²) in [6.45, 7) is 2.31. The third kappa shape index (κ3) is 5.58. The van der Waals surface area contributed by atoms with Gasteiger partial charge in [0.25, 0.3) is 0 Å². The Kier molecular flexibility index (Phi) is 7.02. The number of carbonyl (C=O) groups is 3. The Labute approximate surface area is 193 Å². The maximum atomic E-state index is 12.7. The zero-order valence-electron chi connectivity index (χ0n) is 18.6. The van der Waals surface area contributed by atoms with Crippen LogP contribution in [0.4, 0.5) is 11.4 Å². The van der Waals surface area contributed by atoms with E-state index in [0.717, 1.165) is 42.9 Å². The highest BCUT2D eigenvalue weighted by Crippen LogP contribution is 2.30. The van der Waals surface area contributed by atoms with E-state index >= 15 is 0 Å². The minimum atomic E-state index is -0.549. The lowest BCUT2D eigenvalue weighted by Crippen LogP contribution is -2.31. The predicted molar refractivity (Wildman–Crippen MR) is 128 cm³/mol. The summed E-state index contributed by atoms with van der Waals surface area (Å²) in [5, 5.41) is 8.77. The molecule has 0 spiro atoms. The molecule has 8 heteroatoms. The first-order chi connectivity index (χ1) is 16.0. The number of piperidine rings is 1. The molecule has 2 aromatic carbocycles. The van der Waals surface area contributed by atoms with Crippen LogP contribution in [0.1, 0.15) is 54.4 Å². The second-order valence-electron chi connectivity index (χ2n) is 8.37. The molecule has 1 fully saturated rings. The van der Waals surface area contributed by atoms with Crippen molar-refractivity contribution in [3.63, 3.8) is 0 Å². The monoisotopic (exact) mass is 447 g/mol. The number of benzene rings is 2. The molecule has 0 bridgehead atoms. The fourth-order valence-corrected chi connectivity index (χ4v) is 4.23. The first-order valence-corrected chi connectivity index (χ1v) is 11.4. The lowest BCUT2D eigenvalue weighted by atomic mass is 10.1. The highest BCUT2D eigenvalue weighted by molar-refractivity contribution is 6.03. The summed E-state index contributed by atoms with van der Waals surface area (Å²) in [5.74, 6) is -1.01. The summed E-state index contributed by atoms with van der Waals surface area (Å²) in [6.07, 6.45) is 4.14. The van der Waals surface area contributed by atoms with Crippen molar-refractivity contribution >= 4 is 34.8 Å². The normalized spacial score (nSPS) is 15.8. The van der Waals surface area contributed by atoms with Crippen molar-refractivity contribution in [2.75, 3.05) is 29.9 Å². The number of nitrogens with zero attached hydrogens (tertiary/aromatic N) is 3. The summed E-state index contributed by atoms with van der Waals surface area (Å²) in [6, 6.07) is 14.9. The van der Waals surface area contributed by atoms with Gasteiger partial charge in [0.1, 0.15) is 0 Å². The Morgan fingerprint density at radius 3 is 2.42 bits per heavy atom. The Bertz CT molecular complexity index is 1060. The maximum absolute atomic E-state index is 12.7. The molecule has 0 aromatic heterocycles. The van der Waals surface area contributed by atoms with Gasteiger partial charge >= 0.3 is 0 Å². The third-order valence-electron chi connectivity index (χ3n) is 6.01. The molecule has 0 aliphatic carbocycles. The van der Waals surface area contributed by atoms with Crippen LogP contribution in [0.2, 0.25) is 0 Å². The number of hydrogen-bond acceptors (Lipinski definition) is 5. The standard InChI is InChI=1S/C25H29N5O3/c26-25(33)19-9-10-22(29-14-5-2-6-15-29)21(17-19)27-23(31)11-12-24(32)30-16-13-20(28-30)18-7-3-1-4-8-18/h1,3-4,7-10,17H,2,5-6,11-16H2,(H2,26,33)(H,27,31). The van der Waals surface area contributed by atoms with Gasteiger partial charge < -0.3 is 16.0 Å². The van der Waals surface area contributed by atoms with Crippen LogP contribution in [0, 0.1) is 0 Å². The number of nitrogens with two attached hydrogens (primary N) is 1. The predicted octanol–water partition coefficient (Wildman–Crippen LogP) is 3.13. The Hall–Kier alpha value is -3.68. The number of anilines is 2. The fourth-order valence-electron chi connectivity index (χ4n) is 4.23. The van der Waals surface area contributed by atoms with E-state index < -0.39 is 5.91 Å². The molecule has 3 amide bonds. The zero-order valence-corrected chi connectivity index (χ0v) is 18.6. The van der Waals surface area contributed by atoms with Gasteiger partial charge in [-0.15, -0.1) is 0 Å². The van der Waals surface area contributed by atoms with E-state index in [1.807, 2.05) is 36.4 Å². The van der Waals surface area contributed by atoms with Gasteiger partial charge in [0.15, 0.2) is 0 Å². The van der Waals surface area contributed by atoms with Crippen molar-refractivity contribution in [2.24, 2.45) is 10.8 Å². The van der Waals surface area contributed by atoms with E-state index in [2.05, 4.69) is 15.3 Å². The van der Waals surface area contributed by atoms with Gasteiger partial charge in [0.05, 0.1) is 23.6 Å². The van der Waals surface area contributed by atoms with Crippen LogP contribution in [-0.2, 0) is 9.59 Å². The van der Waals surface area contributed by atoms with Gasteiger partial charge in [-0.05, 0) is 43.0 Å². The molecular formula is C25H29N5O3. The van der Waals surface area contributed by atoms with E-state index in [4.69, 9.17) is 5.73 Å². The first-order valence-electron chi connectivity index (χ1n) is 11.4. The number of amides is 3. The van der Waals surface area contributed by atoms with Crippen LogP contribution in [0.25, 0.3) is 0 Å². The van der Waals surface area contributed by atoms with Crippen molar-refractivity contribution in [2.45, 2.75) is 38.5 Å². The average Bonchev–Trinajstić information content (AvgIpc) is 3.34. The van der Waals surface area contributed by atoms with E-state index in [9.17, 15) is 14.4 Å². The minimum absolute atomic E-state index is 0.0335. The van der Waals surface area contributed by atoms with E-state index in [1.54, 1.807) is 12.1 Å². The molecule has 0 unspecified atom stereocenters. The molecule has 0 atom stereocenters. The topological polar surface area (TPSA) is 108 Å². The lowest BCUT2D eigenvalue weighted by Gasteiger charge is -2.30. The highest BCUT2D eigenvalue weighted by atomic mass is 16.2. The fraction of sp³-hybridized carbons (Fsp3) is 0.360. The molecule has 2 heterocycles. The van der Waals surface area contributed by atoms with E-state index in [0.29, 0.717) is 24.2 Å². The maximum Gasteiger partial charge on any atom is 0.248 e. The van der Waals surface area contributed by atoms with Crippen LogP contribution >= 0.6 is 0 Å².